The summed E-state index contributed by atoms with van der Waals surface area (Å²) in [5.74, 6) is 0.328. The molecule has 0 fully saturated rings. The summed E-state index contributed by atoms with van der Waals surface area (Å²) in [6.07, 6.45) is 0. The van der Waals surface area contributed by atoms with Crippen molar-refractivity contribution in [2.75, 3.05) is 0 Å². The predicted molar refractivity (Wildman–Crippen MR) is 123 cm³/mol. The van der Waals surface area contributed by atoms with Gasteiger partial charge in [0.15, 0.2) is 0 Å². The second kappa shape index (κ2) is 9.43. The average molecular weight is 394 g/mol. The molecular formula is C28H27NO. The highest BCUT2D eigenvalue weighted by Crippen LogP contribution is 2.36. The number of hydrogen-bond acceptors (Lipinski definition) is 2. The molecule has 1 unspecified atom stereocenters. The molecule has 4 aromatic rings. The molecule has 0 bridgehead atoms. The van der Waals surface area contributed by atoms with Gasteiger partial charge in [-0.25, -0.2) is 0 Å². The lowest BCUT2D eigenvalue weighted by molar-refractivity contribution is 0.203. The first kappa shape index (κ1) is 19.9. The SMILES string of the molecule is Cc1ccc(C(c2ccccc2O)N(Cc2ccccc2)Cc2ccccc2)cc1. The largest absolute Gasteiger partial charge is 0.508 e. The normalized spacial score (nSPS) is 12.1. The summed E-state index contributed by atoms with van der Waals surface area (Å²) >= 11 is 0. The maximum Gasteiger partial charge on any atom is 0.120 e. The first-order valence-electron chi connectivity index (χ1n) is 10.4. The second-order valence-electron chi connectivity index (χ2n) is 7.75. The summed E-state index contributed by atoms with van der Waals surface area (Å²) in [7, 11) is 0. The van der Waals surface area contributed by atoms with Gasteiger partial charge in [0.1, 0.15) is 5.75 Å². The fourth-order valence-electron chi connectivity index (χ4n) is 3.93. The van der Waals surface area contributed by atoms with Gasteiger partial charge >= 0.3 is 0 Å². The van der Waals surface area contributed by atoms with Crippen LogP contribution >= 0.6 is 0 Å². The Labute approximate surface area is 179 Å². The van der Waals surface area contributed by atoms with Crippen molar-refractivity contribution in [2.45, 2.75) is 26.1 Å². The molecule has 30 heavy (non-hydrogen) atoms. The summed E-state index contributed by atoms with van der Waals surface area (Å²) in [5.41, 5.74) is 5.83. The molecule has 0 saturated heterocycles. The van der Waals surface area contributed by atoms with Gasteiger partial charge in [-0.2, -0.15) is 0 Å². The van der Waals surface area contributed by atoms with E-state index >= 15 is 0 Å². The van der Waals surface area contributed by atoms with E-state index in [2.05, 4.69) is 84.6 Å². The molecule has 0 saturated carbocycles. The van der Waals surface area contributed by atoms with Gasteiger partial charge in [0.2, 0.25) is 0 Å². The molecule has 2 nitrogen and oxygen atoms in total. The lowest BCUT2D eigenvalue weighted by Gasteiger charge is -2.33. The number of phenols is 1. The van der Waals surface area contributed by atoms with Crippen LogP contribution in [0.1, 0.15) is 33.9 Å². The van der Waals surface area contributed by atoms with Crippen molar-refractivity contribution in [3.8, 4) is 5.75 Å². The van der Waals surface area contributed by atoms with Crippen molar-refractivity contribution in [1.82, 2.24) is 4.90 Å². The van der Waals surface area contributed by atoms with E-state index in [0.717, 1.165) is 18.7 Å². The Kier molecular flexibility index (Phi) is 6.26. The Balaban J connectivity index is 1.80. The fourth-order valence-corrected chi connectivity index (χ4v) is 3.93. The molecular weight excluding hydrogens is 366 g/mol. The zero-order valence-corrected chi connectivity index (χ0v) is 17.3. The van der Waals surface area contributed by atoms with Gasteiger partial charge in [0, 0.05) is 18.7 Å². The lowest BCUT2D eigenvalue weighted by atomic mass is 9.94. The minimum Gasteiger partial charge on any atom is -0.508 e. The number of rotatable bonds is 7. The Morgan fingerprint density at radius 1 is 0.633 bits per heavy atom. The maximum atomic E-state index is 10.8. The summed E-state index contributed by atoms with van der Waals surface area (Å²) in [5, 5.41) is 10.8. The van der Waals surface area contributed by atoms with Crippen molar-refractivity contribution in [2.24, 2.45) is 0 Å². The number of nitrogens with zero attached hydrogens (tertiary/aromatic N) is 1. The first-order valence-corrected chi connectivity index (χ1v) is 10.4. The quantitative estimate of drug-likeness (QED) is 0.388. The summed E-state index contributed by atoms with van der Waals surface area (Å²) < 4.78 is 0. The topological polar surface area (TPSA) is 23.5 Å². The third-order valence-corrected chi connectivity index (χ3v) is 5.45. The van der Waals surface area contributed by atoms with E-state index in [1.165, 1.54) is 22.3 Å². The highest BCUT2D eigenvalue weighted by molar-refractivity contribution is 5.41. The van der Waals surface area contributed by atoms with E-state index in [-0.39, 0.29) is 6.04 Å². The summed E-state index contributed by atoms with van der Waals surface area (Å²) in [4.78, 5) is 2.43. The van der Waals surface area contributed by atoms with Gasteiger partial charge in [-0.15, -0.1) is 0 Å². The second-order valence-corrected chi connectivity index (χ2v) is 7.75. The fraction of sp³-hybridized carbons (Fsp3) is 0.143. The predicted octanol–water partition coefficient (Wildman–Crippen LogP) is 6.49. The molecule has 1 N–H and O–H groups in total. The number of para-hydroxylation sites is 1. The minimum absolute atomic E-state index is 0.0628. The molecule has 1 atom stereocenters. The van der Waals surface area contributed by atoms with Gasteiger partial charge in [0.05, 0.1) is 6.04 Å². The first-order chi connectivity index (χ1) is 14.7. The van der Waals surface area contributed by atoms with E-state index in [4.69, 9.17) is 0 Å². The molecule has 0 heterocycles. The molecule has 0 radical (unpaired) electrons. The standard InChI is InChI=1S/C28H27NO/c1-22-16-18-25(19-17-22)28(26-14-8-9-15-27(26)30)29(20-23-10-4-2-5-11-23)21-24-12-6-3-7-13-24/h2-19,28,30H,20-21H2,1H3. The molecule has 150 valence electrons. The van der Waals surface area contributed by atoms with Crippen LogP contribution in [-0.4, -0.2) is 10.0 Å². The molecule has 2 heteroatoms. The van der Waals surface area contributed by atoms with Crippen LogP contribution in [0.5, 0.6) is 5.75 Å². The van der Waals surface area contributed by atoms with E-state index in [0.29, 0.717) is 5.75 Å². The van der Waals surface area contributed by atoms with Gasteiger partial charge in [-0.3, -0.25) is 4.90 Å². The van der Waals surface area contributed by atoms with Crippen molar-refractivity contribution in [3.05, 3.63) is 137 Å². The molecule has 0 aromatic heterocycles. The number of aryl methyl sites for hydroxylation is 1. The third kappa shape index (κ3) is 4.79. The van der Waals surface area contributed by atoms with E-state index < -0.39 is 0 Å². The highest BCUT2D eigenvalue weighted by Gasteiger charge is 2.25. The monoisotopic (exact) mass is 393 g/mol. The maximum absolute atomic E-state index is 10.8. The minimum atomic E-state index is -0.0628. The van der Waals surface area contributed by atoms with E-state index in [9.17, 15) is 5.11 Å². The van der Waals surface area contributed by atoms with Crippen LogP contribution in [0.2, 0.25) is 0 Å². The van der Waals surface area contributed by atoms with Crippen LogP contribution in [0, 0.1) is 6.92 Å². The molecule has 4 aromatic carbocycles. The zero-order chi connectivity index (χ0) is 20.8. The Hall–Kier alpha value is -3.36. The van der Waals surface area contributed by atoms with Gasteiger partial charge in [-0.05, 0) is 29.7 Å². The Morgan fingerprint density at radius 3 is 1.67 bits per heavy atom. The van der Waals surface area contributed by atoms with Crippen molar-refractivity contribution in [1.29, 1.82) is 0 Å². The molecule has 0 aliphatic carbocycles. The van der Waals surface area contributed by atoms with Crippen molar-refractivity contribution < 1.29 is 5.11 Å². The third-order valence-electron chi connectivity index (χ3n) is 5.45. The zero-order valence-electron chi connectivity index (χ0n) is 17.3. The number of benzene rings is 4. The molecule has 0 aliphatic heterocycles. The van der Waals surface area contributed by atoms with E-state index in [1.807, 2.05) is 30.3 Å². The average Bonchev–Trinajstić information content (AvgIpc) is 2.78. The summed E-state index contributed by atoms with van der Waals surface area (Å²) in [6, 6.07) is 37.3. The van der Waals surface area contributed by atoms with Gasteiger partial charge < -0.3 is 5.11 Å². The van der Waals surface area contributed by atoms with Crippen LogP contribution in [0.4, 0.5) is 0 Å². The number of hydrogen-bond donors (Lipinski definition) is 1. The number of aromatic hydroxyl groups is 1. The molecule has 4 rings (SSSR count). The van der Waals surface area contributed by atoms with Crippen LogP contribution in [0.15, 0.2) is 109 Å². The Bertz CT molecular complexity index is 1020. The number of phenolic OH excluding ortho intramolecular Hbond substituents is 1. The van der Waals surface area contributed by atoms with Crippen molar-refractivity contribution >= 4 is 0 Å². The Morgan fingerprint density at radius 2 is 1.13 bits per heavy atom. The molecule has 0 spiro atoms. The molecule has 0 aliphatic rings. The highest BCUT2D eigenvalue weighted by atomic mass is 16.3. The van der Waals surface area contributed by atoms with Crippen molar-refractivity contribution in [3.63, 3.8) is 0 Å². The lowest BCUT2D eigenvalue weighted by Crippen LogP contribution is -2.29. The van der Waals surface area contributed by atoms with Crippen LogP contribution in [-0.2, 0) is 13.1 Å². The van der Waals surface area contributed by atoms with Crippen LogP contribution in [0.25, 0.3) is 0 Å². The van der Waals surface area contributed by atoms with Crippen LogP contribution < -0.4 is 0 Å². The smallest absolute Gasteiger partial charge is 0.120 e. The molecule has 0 amide bonds. The van der Waals surface area contributed by atoms with E-state index in [1.54, 1.807) is 6.07 Å². The van der Waals surface area contributed by atoms with Gasteiger partial charge in [-0.1, -0.05) is 109 Å². The van der Waals surface area contributed by atoms with Crippen LogP contribution in [0.3, 0.4) is 0 Å². The van der Waals surface area contributed by atoms with Gasteiger partial charge in [0.25, 0.3) is 0 Å². The summed E-state index contributed by atoms with van der Waals surface area (Å²) in [6.45, 7) is 3.66.